The Balaban J connectivity index is 1.69. The van der Waals surface area contributed by atoms with Crippen LogP contribution >= 0.6 is 0 Å². The minimum absolute atomic E-state index is 0.120. The van der Waals surface area contributed by atoms with Crippen molar-refractivity contribution in [2.45, 2.75) is 12.1 Å². The van der Waals surface area contributed by atoms with E-state index in [-0.39, 0.29) is 45.4 Å². The number of rotatable bonds is 1. The average Bonchev–Trinajstić information content (AvgIpc) is 3.08. The van der Waals surface area contributed by atoms with E-state index in [1.54, 1.807) is 42.5 Å². The van der Waals surface area contributed by atoms with Crippen molar-refractivity contribution in [3.8, 4) is 0 Å². The highest BCUT2D eigenvalue weighted by Gasteiger charge is 2.50. The number of benzene rings is 2. The highest BCUT2D eigenvalue weighted by molar-refractivity contribution is 7.91. The van der Waals surface area contributed by atoms with Gasteiger partial charge in [-0.25, -0.2) is 13.2 Å². The number of ketones is 2. The van der Waals surface area contributed by atoms with Crippen molar-refractivity contribution in [1.82, 2.24) is 5.32 Å². The summed E-state index contributed by atoms with van der Waals surface area (Å²) in [6, 6.07) is 9.77. The van der Waals surface area contributed by atoms with Gasteiger partial charge in [-0.05, 0) is 6.07 Å². The number of anilines is 1. The summed E-state index contributed by atoms with van der Waals surface area (Å²) in [5, 5.41) is 2.68. The molecular weight excluding hydrogens is 368 g/mol. The van der Waals surface area contributed by atoms with E-state index >= 15 is 0 Å². The number of urea groups is 1. The Bertz CT molecular complexity index is 1150. The molecule has 1 N–H and O–H groups in total. The number of hydrogen-bond acceptors (Lipinski definition) is 5. The smallest absolute Gasteiger partial charge is 0.322 e. The fourth-order valence-electron chi connectivity index (χ4n) is 4.22. The Labute approximate surface area is 154 Å². The summed E-state index contributed by atoms with van der Waals surface area (Å²) in [7, 11) is -3.27. The maximum absolute atomic E-state index is 13.1. The van der Waals surface area contributed by atoms with E-state index in [0.717, 1.165) is 0 Å². The third-order valence-electron chi connectivity index (χ3n) is 5.37. The van der Waals surface area contributed by atoms with Crippen LogP contribution in [0.1, 0.15) is 31.8 Å². The molecule has 2 atom stereocenters. The van der Waals surface area contributed by atoms with Gasteiger partial charge in [-0.15, -0.1) is 0 Å². The summed E-state index contributed by atoms with van der Waals surface area (Å²) in [5.41, 5.74) is 1.29. The zero-order valence-electron chi connectivity index (χ0n) is 14.0. The van der Waals surface area contributed by atoms with E-state index in [9.17, 15) is 22.8 Å². The molecule has 2 amide bonds. The summed E-state index contributed by atoms with van der Waals surface area (Å²) < 4.78 is 24.0. The van der Waals surface area contributed by atoms with E-state index in [2.05, 4.69) is 5.32 Å². The second-order valence-electron chi connectivity index (χ2n) is 6.97. The molecule has 5 rings (SSSR count). The van der Waals surface area contributed by atoms with Gasteiger partial charge in [-0.3, -0.25) is 14.5 Å². The number of fused-ring (bicyclic) bond motifs is 3. The third kappa shape index (κ3) is 2.19. The molecular formula is C19H14N2O5S. The molecule has 3 aliphatic rings. The molecule has 0 spiro atoms. The van der Waals surface area contributed by atoms with E-state index in [1.807, 2.05) is 0 Å². The highest BCUT2D eigenvalue weighted by atomic mass is 32.2. The maximum atomic E-state index is 13.1. The first-order chi connectivity index (χ1) is 12.9. The molecule has 0 radical (unpaired) electrons. The first-order valence-corrected chi connectivity index (χ1v) is 10.3. The minimum Gasteiger partial charge on any atom is -0.332 e. The monoisotopic (exact) mass is 382 g/mol. The summed E-state index contributed by atoms with van der Waals surface area (Å²) in [5.74, 6) is -0.908. The standard InChI is InChI=1S/C19H14N2O5S/c22-17-10-4-1-2-5-11(10)18(23)16-12(17)6-3-7-14(16)21-15-9-27(25,26)8-13(15)20-19(21)24/h1-7,13,15H,8-9H2,(H,20,24)/t13-,15+/m0/s1. The van der Waals surface area contributed by atoms with Crippen molar-refractivity contribution in [2.24, 2.45) is 0 Å². The lowest BCUT2D eigenvalue weighted by Crippen LogP contribution is -2.38. The van der Waals surface area contributed by atoms with E-state index in [1.165, 1.54) is 4.90 Å². The molecule has 2 aliphatic heterocycles. The Morgan fingerprint density at radius 1 is 0.852 bits per heavy atom. The molecule has 8 heteroatoms. The lowest BCUT2D eigenvalue weighted by atomic mass is 9.83. The Morgan fingerprint density at radius 3 is 2.26 bits per heavy atom. The predicted molar refractivity (Wildman–Crippen MR) is 97.0 cm³/mol. The van der Waals surface area contributed by atoms with Crippen LogP contribution in [0.2, 0.25) is 0 Å². The number of hydrogen-bond donors (Lipinski definition) is 1. The van der Waals surface area contributed by atoms with Crippen LogP contribution in [0, 0.1) is 0 Å². The van der Waals surface area contributed by atoms with Crippen molar-refractivity contribution >= 4 is 33.1 Å². The zero-order chi connectivity index (χ0) is 18.9. The molecule has 2 fully saturated rings. The van der Waals surface area contributed by atoms with Crippen molar-refractivity contribution in [3.05, 3.63) is 64.7 Å². The summed E-state index contributed by atoms with van der Waals surface area (Å²) in [6.07, 6.45) is 0. The highest BCUT2D eigenvalue weighted by Crippen LogP contribution is 2.37. The largest absolute Gasteiger partial charge is 0.332 e. The fraction of sp³-hybridized carbons (Fsp3) is 0.211. The molecule has 136 valence electrons. The number of nitrogens with one attached hydrogen (secondary N) is 1. The van der Waals surface area contributed by atoms with Crippen molar-refractivity contribution in [2.75, 3.05) is 16.4 Å². The number of carbonyl (C=O) groups excluding carboxylic acids is 3. The van der Waals surface area contributed by atoms with Gasteiger partial charge in [0.1, 0.15) is 0 Å². The first-order valence-electron chi connectivity index (χ1n) is 8.49. The third-order valence-corrected chi connectivity index (χ3v) is 7.09. The lowest BCUT2D eigenvalue weighted by molar-refractivity contribution is 0.0979. The Kier molecular flexibility index (Phi) is 3.16. The second-order valence-corrected chi connectivity index (χ2v) is 9.13. The first kappa shape index (κ1) is 16.2. The van der Waals surface area contributed by atoms with E-state index in [0.29, 0.717) is 5.56 Å². The van der Waals surface area contributed by atoms with Gasteiger partial charge in [-0.1, -0.05) is 36.4 Å². The maximum Gasteiger partial charge on any atom is 0.322 e. The fourth-order valence-corrected chi connectivity index (χ4v) is 6.11. The van der Waals surface area contributed by atoms with Gasteiger partial charge < -0.3 is 5.32 Å². The molecule has 2 aromatic rings. The van der Waals surface area contributed by atoms with E-state index in [4.69, 9.17) is 0 Å². The van der Waals surface area contributed by atoms with Gasteiger partial charge in [0.2, 0.25) is 0 Å². The molecule has 2 saturated heterocycles. The van der Waals surface area contributed by atoms with Crippen LogP contribution in [0.25, 0.3) is 0 Å². The molecule has 0 bridgehead atoms. The van der Waals surface area contributed by atoms with Crippen LogP contribution in [0.4, 0.5) is 10.5 Å². The number of carbonyl (C=O) groups is 3. The van der Waals surface area contributed by atoms with Crippen LogP contribution in [0.15, 0.2) is 42.5 Å². The molecule has 2 heterocycles. The molecule has 7 nitrogen and oxygen atoms in total. The second kappa shape index (κ2) is 5.26. The molecule has 2 aromatic carbocycles. The van der Waals surface area contributed by atoms with Crippen LogP contribution in [-0.2, 0) is 9.84 Å². The Hall–Kier alpha value is -3.00. The molecule has 0 saturated carbocycles. The zero-order valence-corrected chi connectivity index (χ0v) is 14.8. The molecule has 0 unspecified atom stereocenters. The SMILES string of the molecule is O=C1c2ccccc2C(=O)c2c1cccc2N1C(=O)N[C@H]2CS(=O)(=O)C[C@H]21. The molecule has 1 aliphatic carbocycles. The number of sulfone groups is 1. The topological polar surface area (TPSA) is 101 Å². The molecule has 0 aromatic heterocycles. The predicted octanol–water partition coefficient (Wildman–Crippen LogP) is 1.16. The van der Waals surface area contributed by atoms with Gasteiger partial charge in [-0.2, -0.15) is 0 Å². The van der Waals surface area contributed by atoms with Crippen molar-refractivity contribution in [1.29, 1.82) is 0 Å². The van der Waals surface area contributed by atoms with Gasteiger partial charge in [0.25, 0.3) is 0 Å². The summed E-state index contributed by atoms with van der Waals surface area (Å²) >= 11 is 0. The van der Waals surface area contributed by atoms with Crippen molar-refractivity contribution in [3.63, 3.8) is 0 Å². The van der Waals surface area contributed by atoms with Crippen LogP contribution in [-0.4, -0.2) is 49.6 Å². The van der Waals surface area contributed by atoms with Gasteiger partial charge in [0, 0.05) is 16.7 Å². The molecule has 27 heavy (non-hydrogen) atoms. The van der Waals surface area contributed by atoms with Gasteiger partial charge >= 0.3 is 6.03 Å². The average molecular weight is 382 g/mol. The van der Waals surface area contributed by atoms with Gasteiger partial charge in [0.05, 0.1) is 34.8 Å². The van der Waals surface area contributed by atoms with E-state index < -0.39 is 28.0 Å². The Morgan fingerprint density at radius 2 is 1.52 bits per heavy atom. The summed E-state index contributed by atoms with van der Waals surface area (Å²) in [6.45, 7) is 0. The van der Waals surface area contributed by atoms with Crippen LogP contribution in [0.3, 0.4) is 0 Å². The van der Waals surface area contributed by atoms with Crippen molar-refractivity contribution < 1.29 is 22.8 Å². The minimum atomic E-state index is -3.27. The normalized spacial score (nSPS) is 25.0. The lowest BCUT2D eigenvalue weighted by Gasteiger charge is -2.27. The van der Waals surface area contributed by atoms with Crippen LogP contribution < -0.4 is 10.2 Å². The van der Waals surface area contributed by atoms with Gasteiger partial charge in [0.15, 0.2) is 21.4 Å². The quantitative estimate of drug-likeness (QED) is 0.637. The number of nitrogens with zero attached hydrogens (tertiary/aromatic N) is 1. The van der Waals surface area contributed by atoms with Crippen LogP contribution in [0.5, 0.6) is 0 Å². The summed E-state index contributed by atoms with van der Waals surface area (Å²) in [4.78, 5) is 39.9. The number of amides is 2.